The highest BCUT2D eigenvalue weighted by Crippen LogP contribution is 2.27. The number of carboxylic acid groups (broad SMARTS) is 1. The molecule has 0 aromatic heterocycles. The molecule has 0 saturated carbocycles. The maximum absolute atomic E-state index is 10.8. The zero-order valence-corrected chi connectivity index (χ0v) is 9.35. The molecule has 1 saturated heterocycles. The Balaban J connectivity index is 2.50. The van der Waals surface area contributed by atoms with Gasteiger partial charge in [-0.3, -0.25) is 4.79 Å². The number of aliphatic hydroxyl groups is 1. The Morgan fingerprint density at radius 1 is 1.33 bits per heavy atom. The van der Waals surface area contributed by atoms with Crippen LogP contribution in [-0.2, 0) is 9.53 Å². The lowest BCUT2D eigenvalue weighted by Gasteiger charge is -2.32. The molecular weight excluding hydrogens is 196 g/mol. The maximum Gasteiger partial charge on any atom is 0.306 e. The van der Waals surface area contributed by atoms with E-state index in [-0.39, 0.29) is 11.8 Å². The van der Waals surface area contributed by atoms with E-state index in [2.05, 4.69) is 0 Å². The quantitative estimate of drug-likeness (QED) is 0.739. The van der Waals surface area contributed by atoms with Crippen LogP contribution in [0.3, 0.4) is 0 Å². The van der Waals surface area contributed by atoms with Gasteiger partial charge in [0.2, 0.25) is 0 Å². The minimum atomic E-state index is -0.839. The number of rotatable bonds is 4. The summed E-state index contributed by atoms with van der Waals surface area (Å²) in [6, 6.07) is 0. The van der Waals surface area contributed by atoms with Crippen LogP contribution in [0.1, 0.15) is 26.7 Å². The van der Waals surface area contributed by atoms with Crippen molar-refractivity contribution in [3.63, 3.8) is 0 Å². The van der Waals surface area contributed by atoms with Gasteiger partial charge >= 0.3 is 5.97 Å². The fourth-order valence-electron chi connectivity index (χ4n) is 2.01. The lowest BCUT2D eigenvalue weighted by atomic mass is 9.81. The number of carbonyl (C=O) groups is 1. The molecule has 1 aliphatic heterocycles. The third kappa shape index (κ3) is 3.18. The summed E-state index contributed by atoms with van der Waals surface area (Å²) in [5.74, 6) is -1.35. The van der Waals surface area contributed by atoms with Crippen LogP contribution in [0.2, 0.25) is 0 Å². The Bertz CT molecular complexity index is 211. The van der Waals surface area contributed by atoms with Crippen molar-refractivity contribution in [1.29, 1.82) is 0 Å². The minimum absolute atomic E-state index is 0.190. The van der Waals surface area contributed by atoms with E-state index in [0.29, 0.717) is 13.2 Å². The summed E-state index contributed by atoms with van der Waals surface area (Å²) in [4.78, 5) is 10.8. The third-order valence-corrected chi connectivity index (χ3v) is 3.47. The van der Waals surface area contributed by atoms with Crippen LogP contribution in [-0.4, -0.2) is 35.5 Å². The molecule has 2 N–H and O–H groups in total. The standard InChI is InChI=1S/C11H20O4/c1-7(8(2)11(13)14)10(12)9-3-5-15-6-4-9/h7-10,12H,3-6H2,1-2H3,(H,13,14). The van der Waals surface area contributed by atoms with E-state index in [4.69, 9.17) is 9.84 Å². The molecule has 4 heteroatoms. The second kappa shape index (κ2) is 5.47. The molecule has 3 atom stereocenters. The van der Waals surface area contributed by atoms with E-state index in [0.717, 1.165) is 12.8 Å². The van der Waals surface area contributed by atoms with Gasteiger partial charge in [-0.15, -0.1) is 0 Å². The maximum atomic E-state index is 10.8. The Hall–Kier alpha value is -0.610. The second-order valence-corrected chi connectivity index (χ2v) is 4.43. The molecule has 0 aromatic carbocycles. The molecule has 88 valence electrons. The average Bonchev–Trinajstić information content (AvgIpc) is 2.27. The Morgan fingerprint density at radius 3 is 2.33 bits per heavy atom. The Morgan fingerprint density at radius 2 is 1.87 bits per heavy atom. The molecule has 4 nitrogen and oxygen atoms in total. The van der Waals surface area contributed by atoms with Crippen molar-refractivity contribution in [2.24, 2.45) is 17.8 Å². The molecule has 0 bridgehead atoms. The zero-order chi connectivity index (χ0) is 11.4. The van der Waals surface area contributed by atoms with Crippen molar-refractivity contribution in [3.8, 4) is 0 Å². The van der Waals surface area contributed by atoms with Gasteiger partial charge in [0, 0.05) is 13.2 Å². The molecule has 0 amide bonds. The highest BCUT2D eigenvalue weighted by Gasteiger charge is 2.32. The van der Waals surface area contributed by atoms with Crippen molar-refractivity contribution in [1.82, 2.24) is 0 Å². The van der Waals surface area contributed by atoms with E-state index < -0.39 is 18.0 Å². The first-order chi connectivity index (χ1) is 7.04. The first-order valence-electron chi connectivity index (χ1n) is 5.52. The van der Waals surface area contributed by atoms with Crippen molar-refractivity contribution in [2.45, 2.75) is 32.8 Å². The fraction of sp³-hybridized carbons (Fsp3) is 0.909. The van der Waals surface area contributed by atoms with Crippen molar-refractivity contribution >= 4 is 5.97 Å². The van der Waals surface area contributed by atoms with Gasteiger partial charge in [0.25, 0.3) is 0 Å². The van der Waals surface area contributed by atoms with Crippen LogP contribution in [0.4, 0.5) is 0 Å². The van der Waals surface area contributed by atoms with Crippen LogP contribution < -0.4 is 0 Å². The molecule has 15 heavy (non-hydrogen) atoms. The molecule has 3 unspecified atom stereocenters. The van der Waals surface area contributed by atoms with Crippen molar-refractivity contribution < 1.29 is 19.7 Å². The summed E-state index contributed by atoms with van der Waals surface area (Å²) in [6.45, 7) is 4.81. The minimum Gasteiger partial charge on any atom is -0.481 e. The summed E-state index contributed by atoms with van der Waals surface area (Å²) < 4.78 is 5.21. The monoisotopic (exact) mass is 216 g/mol. The van der Waals surface area contributed by atoms with Crippen LogP contribution in [0.15, 0.2) is 0 Å². The zero-order valence-electron chi connectivity index (χ0n) is 9.35. The number of aliphatic carboxylic acids is 1. The van der Waals surface area contributed by atoms with Gasteiger partial charge in [-0.25, -0.2) is 0 Å². The van der Waals surface area contributed by atoms with Crippen LogP contribution in [0.5, 0.6) is 0 Å². The topological polar surface area (TPSA) is 66.8 Å². The number of hydrogen-bond acceptors (Lipinski definition) is 3. The molecule has 0 radical (unpaired) electrons. The van der Waals surface area contributed by atoms with E-state index in [9.17, 15) is 9.90 Å². The largest absolute Gasteiger partial charge is 0.481 e. The predicted molar refractivity (Wildman–Crippen MR) is 55.5 cm³/mol. The van der Waals surface area contributed by atoms with Gasteiger partial charge in [0.05, 0.1) is 12.0 Å². The van der Waals surface area contributed by atoms with Gasteiger partial charge in [-0.1, -0.05) is 13.8 Å². The lowest BCUT2D eigenvalue weighted by Crippen LogP contribution is -2.37. The summed E-state index contributed by atoms with van der Waals surface area (Å²) in [5, 5.41) is 18.9. The van der Waals surface area contributed by atoms with E-state index in [1.165, 1.54) is 0 Å². The van der Waals surface area contributed by atoms with Gasteiger partial charge in [-0.2, -0.15) is 0 Å². The SMILES string of the molecule is CC(C(=O)O)C(C)C(O)C1CCOCC1. The molecule has 0 aromatic rings. The van der Waals surface area contributed by atoms with Gasteiger partial charge in [-0.05, 0) is 24.7 Å². The molecule has 1 rings (SSSR count). The fourth-order valence-corrected chi connectivity index (χ4v) is 2.01. The smallest absolute Gasteiger partial charge is 0.306 e. The van der Waals surface area contributed by atoms with E-state index in [1.54, 1.807) is 13.8 Å². The Kier molecular flexibility index (Phi) is 4.54. The average molecular weight is 216 g/mol. The second-order valence-electron chi connectivity index (χ2n) is 4.43. The Labute approximate surface area is 90.2 Å². The summed E-state index contributed by atoms with van der Waals surface area (Å²) in [6.07, 6.45) is 1.13. The van der Waals surface area contributed by atoms with Crippen molar-refractivity contribution in [2.75, 3.05) is 13.2 Å². The number of hydrogen-bond donors (Lipinski definition) is 2. The van der Waals surface area contributed by atoms with E-state index in [1.807, 2.05) is 0 Å². The highest BCUT2D eigenvalue weighted by atomic mass is 16.5. The van der Waals surface area contributed by atoms with Gasteiger partial charge < -0.3 is 14.9 Å². The summed E-state index contributed by atoms with van der Waals surface area (Å²) in [7, 11) is 0. The summed E-state index contributed by atoms with van der Waals surface area (Å²) >= 11 is 0. The predicted octanol–water partition coefficient (Wildman–Crippen LogP) is 1.13. The number of ether oxygens (including phenoxy) is 1. The molecular formula is C11H20O4. The van der Waals surface area contributed by atoms with Crippen molar-refractivity contribution in [3.05, 3.63) is 0 Å². The number of carboxylic acids is 1. The summed E-state index contributed by atoms with van der Waals surface area (Å²) in [5.41, 5.74) is 0. The first kappa shape index (κ1) is 12.5. The molecule has 1 fully saturated rings. The van der Waals surface area contributed by atoms with Crippen LogP contribution in [0, 0.1) is 17.8 Å². The highest BCUT2D eigenvalue weighted by molar-refractivity contribution is 5.69. The van der Waals surface area contributed by atoms with Crippen LogP contribution in [0.25, 0.3) is 0 Å². The van der Waals surface area contributed by atoms with Gasteiger partial charge in [0.15, 0.2) is 0 Å². The lowest BCUT2D eigenvalue weighted by molar-refractivity contribution is -0.145. The molecule has 0 aliphatic carbocycles. The van der Waals surface area contributed by atoms with Crippen LogP contribution >= 0.6 is 0 Å². The first-order valence-corrected chi connectivity index (χ1v) is 5.52. The molecule has 0 spiro atoms. The molecule has 1 heterocycles. The normalized spacial score (nSPS) is 24.5. The van der Waals surface area contributed by atoms with Gasteiger partial charge in [0.1, 0.15) is 0 Å². The van der Waals surface area contributed by atoms with E-state index >= 15 is 0 Å². The third-order valence-electron chi connectivity index (χ3n) is 3.47. The number of aliphatic hydroxyl groups excluding tert-OH is 1. The molecule has 1 aliphatic rings.